The van der Waals surface area contributed by atoms with Gasteiger partial charge in [-0.1, -0.05) is 0 Å². The molecule has 0 heterocycles. The van der Waals surface area contributed by atoms with Crippen LogP contribution in [0.15, 0.2) is 29.2 Å². The molecule has 9 heteroatoms. The molecule has 6 N–H and O–H groups in total. The van der Waals surface area contributed by atoms with Crippen molar-refractivity contribution >= 4 is 27.6 Å². The van der Waals surface area contributed by atoms with Gasteiger partial charge in [-0.2, -0.15) is 8.42 Å². The van der Waals surface area contributed by atoms with E-state index in [1.807, 2.05) is 0 Å². The molecule has 104 valence electrons. The minimum Gasteiger partial charge on any atom is -0.373 e. The van der Waals surface area contributed by atoms with Gasteiger partial charge in [0.2, 0.25) is 11.8 Å². The molecule has 0 radical (unpaired) electrons. The molecule has 0 fully saturated rings. The minimum atomic E-state index is -4.28. The second-order valence-corrected chi connectivity index (χ2v) is 5.19. The fourth-order valence-corrected chi connectivity index (χ4v) is 1.83. The van der Waals surface area contributed by atoms with Gasteiger partial charge in [-0.15, -0.1) is 0 Å². The van der Waals surface area contributed by atoms with Gasteiger partial charge in [-0.25, -0.2) is 0 Å². The smallest absolute Gasteiger partial charge is 0.294 e. The zero-order valence-corrected chi connectivity index (χ0v) is 10.6. The lowest BCUT2D eigenvalue weighted by molar-refractivity contribution is -0.123. The standard InChI is InChI=1S/C10H13N3O5S/c11-9(14)5-8(10(12)15)13-6-1-3-7(4-2-6)19(16,17)18/h1-4,8,13H,5H2,(H2,11,14)(H2,12,15)(H,16,17,18)/t8-/m0/s1. The molecule has 0 aliphatic carbocycles. The minimum absolute atomic E-state index is 0.282. The summed E-state index contributed by atoms with van der Waals surface area (Å²) in [6.07, 6.45) is -0.282. The van der Waals surface area contributed by atoms with E-state index >= 15 is 0 Å². The third-order valence-electron chi connectivity index (χ3n) is 2.24. The Hall–Kier alpha value is -2.13. The summed E-state index contributed by atoms with van der Waals surface area (Å²) in [6.45, 7) is 0. The van der Waals surface area contributed by atoms with Crippen LogP contribution in [0.5, 0.6) is 0 Å². The number of hydrogen-bond acceptors (Lipinski definition) is 5. The third-order valence-corrected chi connectivity index (χ3v) is 3.11. The number of anilines is 1. The summed E-state index contributed by atoms with van der Waals surface area (Å²) in [5.41, 5.74) is 10.4. The Balaban J connectivity index is 2.87. The molecule has 0 aliphatic rings. The lowest BCUT2D eigenvalue weighted by atomic mass is 10.1. The average Bonchev–Trinajstić information content (AvgIpc) is 2.27. The van der Waals surface area contributed by atoms with Crippen molar-refractivity contribution in [2.24, 2.45) is 11.5 Å². The van der Waals surface area contributed by atoms with Crippen LogP contribution in [0.3, 0.4) is 0 Å². The largest absolute Gasteiger partial charge is 0.373 e. The average molecular weight is 287 g/mol. The summed E-state index contributed by atoms with van der Waals surface area (Å²) < 4.78 is 30.4. The van der Waals surface area contributed by atoms with Gasteiger partial charge < -0.3 is 16.8 Å². The SMILES string of the molecule is NC(=O)C[C@H](Nc1ccc(S(=O)(=O)O)cc1)C(N)=O. The van der Waals surface area contributed by atoms with E-state index in [0.717, 1.165) is 12.1 Å². The number of primary amides is 2. The molecule has 2 amide bonds. The molecule has 1 aromatic carbocycles. The van der Waals surface area contributed by atoms with Gasteiger partial charge in [0.05, 0.1) is 11.3 Å². The Bertz CT molecular complexity index is 582. The number of hydrogen-bond donors (Lipinski definition) is 4. The zero-order valence-electron chi connectivity index (χ0n) is 9.74. The van der Waals surface area contributed by atoms with Gasteiger partial charge >= 0.3 is 0 Å². The van der Waals surface area contributed by atoms with Crippen molar-refractivity contribution in [3.8, 4) is 0 Å². The number of carbonyl (C=O) groups excluding carboxylic acids is 2. The van der Waals surface area contributed by atoms with Gasteiger partial charge in [0.1, 0.15) is 6.04 Å². The fourth-order valence-electron chi connectivity index (χ4n) is 1.35. The van der Waals surface area contributed by atoms with Crippen LogP contribution >= 0.6 is 0 Å². The Labute approximate surface area is 109 Å². The van der Waals surface area contributed by atoms with Gasteiger partial charge in [-0.05, 0) is 24.3 Å². The lowest BCUT2D eigenvalue weighted by Gasteiger charge is -2.15. The highest BCUT2D eigenvalue weighted by Crippen LogP contribution is 2.15. The van der Waals surface area contributed by atoms with Gasteiger partial charge in [0, 0.05) is 5.69 Å². The van der Waals surface area contributed by atoms with Crippen molar-refractivity contribution in [1.82, 2.24) is 0 Å². The molecule has 8 nitrogen and oxygen atoms in total. The van der Waals surface area contributed by atoms with E-state index in [9.17, 15) is 18.0 Å². The van der Waals surface area contributed by atoms with Gasteiger partial charge in [-0.3, -0.25) is 14.1 Å². The molecule has 0 bridgehead atoms. The Morgan fingerprint density at radius 2 is 1.74 bits per heavy atom. The quantitative estimate of drug-likeness (QED) is 0.496. The number of nitrogens with one attached hydrogen (secondary N) is 1. The van der Waals surface area contributed by atoms with Gasteiger partial charge in [0.15, 0.2) is 0 Å². The monoisotopic (exact) mass is 287 g/mol. The maximum Gasteiger partial charge on any atom is 0.294 e. The van der Waals surface area contributed by atoms with E-state index in [2.05, 4.69) is 5.32 Å². The fraction of sp³-hybridized carbons (Fsp3) is 0.200. The van der Waals surface area contributed by atoms with Crippen LogP contribution in [0.25, 0.3) is 0 Å². The van der Waals surface area contributed by atoms with Crippen molar-refractivity contribution in [3.63, 3.8) is 0 Å². The summed E-state index contributed by atoms with van der Waals surface area (Å²) in [7, 11) is -4.28. The second kappa shape index (κ2) is 5.67. The second-order valence-electron chi connectivity index (χ2n) is 3.77. The van der Waals surface area contributed by atoms with Crippen LogP contribution in [0.1, 0.15) is 6.42 Å². The van der Waals surface area contributed by atoms with Crippen molar-refractivity contribution in [1.29, 1.82) is 0 Å². The van der Waals surface area contributed by atoms with Crippen molar-refractivity contribution in [2.45, 2.75) is 17.4 Å². The van der Waals surface area contributed by atoms with Crippen LogP contribution < -0.4 is 16.8 Å². The number of benzene rings is 1. The Morgan fingerprint density at radius 1 is 1.21 bits per heavy atom. The summed E-state index contributed by atoms with van der Waals surface area (Å²) in [4.78, 5) is 21.5. The van der Waals surface area contributed by atoms with Crippen LogP contribution in [0.2, 0.25) is 0 Å². The number of rotatable bonds is 6. The van der Waals surface area contributed by atoms with E-state index in [1.165, 1.54) is 12.1 Å². The maximum atomic E-state index is 11.1. The molecule has 0 aromatic heterocycles. The van der Waals surface area contributed by atoms with Gasteiger partial charge in [0.25, 0.3) is 10.1 Å². The lowest BCUT2D eigenvalue weighted by Crippen LogP contribution is -2.38. The first-order valence-corrected chi connectivity index (χ1v) is 6.56. The summed E-state index contributed by atoms with van der Waals surface area (Å²) in [6, 6.07) is 3.93. The first-order chi connectivity index (χ1) is 8.70. The predicted molar refractivity (Wildman–Crippen MR) is 66.7 cm³/mol. The molecule has 19 heavy (non-hydrogen) atoms. The van der Waals surface area contributed by atoms with Crippen LogP contribution in [-0.2, 0) is 19.7 Å². The van der Waals surface area contributed by atoms with E-state index in [1.54, 1.807) is 0 Å². The molecule has 1 atom stereocenters. The van der Waals surface area contributed by atoms with Crippen LogP contribution in [0.4, 0.5) is 5.69 Å². The molecule has 0 unspecified atom stereocenters. The van der Waals surface area contributed by atoms with E-state index in [-0.39, 0.29) is 11.3 Å². The highest BCUT2D eigenvalue weighted by atomic mass is 32.2. The number of nitrogens with two attached hydrogens (primary N) is 2. The topological polar surface area (TPSA) is 153 Å². The predicted octanol–water partition coefficient (Wildman–Crippen LogP) is -0.925. The normalized spacial score (nSPS) is 12.7. The number of amides is 2. The van der Waals surface area contributed by atoms with Crippen LogP contribution in [-0.4, -0.2) is 30.8 Å². The third kappa shape index (κ3) is 4.56. The summed E-state index contributed by atoms with van der Waals surface area (Å²) >= 11 is 0. The molecule has 0 saturated heterocycles. The summed E-state index contributed by atoms with van der Waals surface area (Å²) in [5.74, 6) is -1.47. The van der Waals surface area contributed by atoms with Crippen molar-refractivity contribution in [2.75, 3.05) is 5.32 Å². The first-order valence-electron chi connectivity index (χ1n) is 5.12. The molecule has 0 aliphatic heterocycles. The van der Waals surface area contributed by atoms with E-state index in [4.69, 9.17) is 16.0 Å². The maximum absolute atomic E-state index is 11.1. The van der Waals surface area contributed by atoms with Crippen LogP contribution in [0, 0.1) is 0 Å². The first kappa shape index (κ1) is 14.9. The molecule has 0 spiro atoms. The molecule has 1 rings (SSSR count). The highest BCUT2D eigenvalue weighted by molar-refractivity contribution is 7.85. The number of carbonyl (C=O) groups is 2. The molecule has 0 saturated carbocycles. The van der Waals surface area contributed by atoms with E-state index < -0.39 is 28.0 Å². The zero-order chi connectivity index (χ0) is 14.6. The van der Waals surface area contributed by atoms with E-state index in [0.29, 0.717) is 5.69 Å². The van der Waals surface area contributed by atoms with Crippen molar-refractivity contribution < 1.29 is 22.6 Å². The summed E-state index contributed by atoms with van der Waals surface area (Å²) in [5, 5.41) is 2.64. The Kier molecular flexibility index (Phi) is 4.46. The highest BCUT2D eigenvalue weighted by Gasteiger charge is 2.18. The Morgan fingerprint density at radius 3 is 2.11 bits per heavy atom. The molecule has 1 aromatic rings. The van der Waals surface area contributed by atoms with Crippen molar-refractivity contribution in [3.05, 3.63) is 24.3 Å². The molecular weight excluding hydrogens is 274 g/mol. The molecular formula is C10H13N3O5S.